The Labute approximate surface area is 141 Å². The molecule has 136 valence electrons. The van der Waals surface area contributed by atoms with Gasteiger partial charge >= 0.3 is 11.9 Å². The van der Waals surface area contributed by atoms with E-state index in [0.717, 1.165) is 25.7 Å². The lowest BCUT2D eigenvalue weighted by molar-refractivity contribution is -0.134. The van der Waals surface area contributed by atoms with Gasteiger partial charge in [-0.2, -0.15) is 25.3 Å². The van der Waals surface area contributed by atoms with Crippen molar-refractivity contribution in [1.82, 2.24) is 0 Å². The summed E-state index contributed by atoms with van der Waals surface area (Å²) >= 11 is 6.83. The highest BCUT2D eigenvalue weighted by atomic mass is 32.1. The van der Waals surface area contributed by atoms with Crippen LogP contribution in [0.1, 0.15) is 25.7 Å². The Bertz CT molecular complexity index is 187. The molecule has 0 saturated heterocycles. The average Bonchev–Trinajstić information content (AvgIpc) is 2.52. The second-order valence-electron chi connectivity index (χ2n) is 3.41. The van der Waals surface area contributed by atoms with Crippen LogP contribution in [-0.4, -0.2) is 80.5 Å². The van der Waals surface area contributed by atoms with E-state index in [0.29, 0.717) is 0 Å². The number of aliphatic hydroxyl groups excluding tert-OH is 4. The Morgan fingerprint density at radius 1 is 0.591 bits per heavy atom. The van der Waals surface area contributed by atoms with Gasteiger partial charge in [0.2, 0.25) is 0 Å². The molecule has 0 aliphatic carbocycles. The maximum atomic E-state index is 9.29. The summed E-state index contributed by atoms with van der Waals surface area (Å²) in [6.07, 6.45) is 2.88. The van der Waals surface area contributed by atoms with Crippen LogP contribution < -0.4 is 0 Å². The molecule has 22 heavy (non-hydrogen) atoms. The number of aliphatic hydroxyl groups is 4. The Morgan fingerprint density at radius 3 is 0.773 bits per heavy atom. The van der Waals surface area contributed by atoms with Gasteiger partial charge in [-0.05, 0) is 25.7 Å². The normalized spacial score (nSPS) is 8.27. The average molecular weight is 364 g/mol. The summed E-state index contributed by atoms with van der Waals surface area (Å²) in [5.74, 6) is -1.93. The van der Waals surface area contributed by atoms with E-state index in [1.165, 1.54) is 0 Å². The molecule has 0 aromatic heterocycles. The van der Waals surface area contributed by atoms with Crippen molar-refractivity contribution in [3.05, 3.63) is 0 Å². The van der Waals surface area contributed by atoms with Crippen molar-refractivity contribution in [3.8, 4) is 0 Å². The summed E-state index contributed by atoms with van der Waals surface area (Å²) in [5.41, 5.74) is 0. The molecule has 0 heterocycles. The third kappa shape index (κ3) is 74.0. The summed E-state index contributed by atoms with van der Waals surface area (Å²) in [6, 6.07) is 0. The van der Waals surface area contributed by atoms with E-state index in [9.17, 15) is 9.59 Å². The van der Waals surface area contributed by atoms with Crippen molar-refractivity contribution in [3.63, 3.8) is 0 Å². The van der Waals surface area contributed by atoms with Gasteiger partial charge in [0.1, 0.15) is 0 Å². The minimum absolute atomic E-state index is 0.0833. The van der Waals surface area contributed by atoms with Crippen LogP contribution in [0.5, 0.6) is 0 Å². The number of carboxylic acids is 2. The Morgan fingerprint density at radius 2 is 0.727 bits per heavy atom. The van der Waals surface area contributed by atoms with Crippen LogP contribution in [0.15, 0.2) is 0 Å². The largest absolute Gasteiger partial charge is 0.481 e. The Balaban J connectivity index is -0.0000000986. The quantitative estimate of drug-likeness (QED) is 0.212. The van der Waals surface area contributed by atoms with Crippen molar-refractivity contribution in [1.29, 1.82) is 0 Å². The lowest BCUT2D eigenvalue weighted by atomic mass is 10.3. The lowest BCUT2D eigenvalue weighted by Gasteiger charge is -1.85. The first-order valence-corrected chi connectivity index (χ1v) is 7.72. The SMILES string of the molecule is O=C(O)CS.O=C(O)CS.OCCCCO.OCCCCO. The predicted octanol–water partition coefficient (Wildman–Crippen LogP) is -0.496. The van der Waals surface area contributed by atoms with Gasteiger partial charge < -0.3 is 30.6 Å². The standard InChI is InChI=1S/2C4H10O2.2C2H4O2S/c2*5-3-1-2-4-6;2*3-2(4)1-5/h2*5-6H,1-4H2;2*5H,1H2,(H,3,4). The number of hydrogen-bond donors (Lipinski definition) is 8. The molecule has 8 nitrogen and oxygen atoms in total. The first-order chi connectivity index (χ1) is 10.4. The van der Waals surface area contributed by atoms with Crippen molar-refractivity contribution >= 4 is 37.2 Å². The van der Waals surface area contributed by atoms with E-state index in [-0.39, 0.29) is 37.9 Å². The van der Waals surface area contributed by atoms with Gasteiger partial charge in [-0.1, -0.05) is 0 Å². The molecule has 0 rings (SSSR count). The zero-order valence-electron chi connectivity index (χ0n) is 12.5. The highest BCUT2D eigenvalue weighted by molar-refractivity contribution is 7.81. The molecular formula is C12H28O8S2. The minimum atomic E-state index is -0.881. The molecule has 0 saturated carbocycles. The topological polar surface area (TPSA) is 156 Å². The smallest absolute Gasteiger partial charge is 0.313 e. The number of carboxylic acid groups (broad SMARTS) is 2. The molecule has 0 radical (unpaired) electrons. The van der Waals surface area contributed by atoms with Crippen LogP contribution in [0.4, 0.5) is 0 Å². The molecule has 0 aromatic carbocycles. The summed E-state index contributed by atoms with van der Waals surface area (Å²) in [7, 11) is 0. The highest BCUT2D eigenvalue weighted by Crippen LogP contribution is 1.81. The number of thiol groups is 2. The summed E-state index contributed by atoms with van der Waals surface area (Å²) in [4.78, 5) is 18.6. The van der Waals surface area contributed by atoms with Crippen LogP contribution in [0.2, 0.25) is 0 Å². The first-order valence-electron chi connectivity index (χ1n) is 6.46. The van der Waals surface area contributed by atoms with Crippen LogP contribution >= 0.6 is 25.3 Å². The van der Waals surface area contributed by atoms with Crippen molar-refractivity contribution in [2.45, 2.75) is 25.7 Å². The predicted molar refractivity (Wildman–Crippen MR) is 89.8 cm³/mol. The first kappa shape index (κ1) is 29.5. The van der Waals surface area contributed by atoms with E-state index in [4.69, 9.17) is 30.6 Å². The Kier molecular flexibility index (Phi) is 43.5. The van der Waals surface area contributed by atoms with Gasteiger partial charge in [0, 0.05) is 26.4 Å². The molecule has 0 spiro atoms. The second-order valence-corrected chi connectivity index (χ2v) is 4.04. The van der Waals surface area contributed by atoms with Gasteiger partial charge in [0.05, 0.1) is 11.5 Å². The maximum absolute atomic E-state index is 9.29. The van der Waals surface area contributed by atoms with Crippen LogP contribution in [0, 0.1) is 0 Å². The minimum Gasteiger partial charge on any atom is -0.481 e. The third-order valence-corrected chi connectivity index (χ3v) is 1.94. The van der Waals surface area contributed by atoms with E-state index in [1.54, 1.807) is 0 Å². The van der Waals surface area contributed by atoms with E-state index in [2.05, 4.69) is 25.3 Å². The van der Waals surface area contributed by atoms with Crippen LogP contribution in [-0.2, 0) is 9.59 Å². The van der Waals surface area contributed by atoms with Gasteiger partial charge in [-0.25, -0.2) is 0 Å². The zero-order valence-corrected chi connectivity index (χ0v) is 14.3. The molecule has 0 amide bonds. The van der Waals surface area contributed by atoms with E-state index < -0.39 is 11.9 Å². The summed E-state index contributed by atoms with van der Waals surface area (Å²) in [5, 5.41) is 47.6. The molecular weight excluding hydrogens is 336 g/mol. The fourth-order valence-electron chi connectivity index (χ4n) is 0.447. The summed E-state index contributed by atoms with van der Waals surface area (Å²) < 4.78 is 0. The zero-order chi connectivity index (χ0) is 18.2. The molecule has 0 atom stereocenters. The van der Waals surface area contributed by atoms with Gasteiger partial charge in [-0.15, -0.1) is 0 Å². The van der Waals surface area contributed by atoms with Crippen LogP contribution in [0.25, 0.3) is 0 Å². The molecule has 0 aliphatic rings. The number of unbranched alkanes of at least 4 members (excludes halogenated alkanes) is 2. The molecule has 0 bridgehead atoms. The number of rotatable bonds is 8. The van der Waals surface area contributed by atoms with E-state index >= 15 is 0 Å². The number of aliphatic carboxylic acids is 2. The number of carbonyl (C=O) groups is 2. The molecule has 0 aromatic rings. The maximum Gasteiger partial charge on any atom is 0.313 e. The van der Waals surface area contributed by atoms with Crippen molar-refractivity contribution < 1.29 is 40.2 Å². The molecule has 6 N–H and O–H groups in total. The molecule has 10 heteroatoms. The lowest BCUT2D eigenvalue weighted by Crippen LogP contribution is -1.92. The van der Waals surface area contributed by atoms with Crippen molar-refractivity contribution in [2.24, 2.45) is 0 Å². The Hall–Kier alpha value is -0.520. The van der Waals surface area contributed by atoms with Gasteiger partial charge in [0.15, 0.2) is 0 Å². The third-order valence-electron chi connectivity index (χ3n) is 1.40. The molecule has 0 unspecified atom stereocenters. The second kappa shape index (κ2) is 32.4. The fourth-order valence-corrected chi connectivity index (χ4v) is 0.447. The highest BCUT2D eigenvalue weighted by Gasteiger charge is 1.82. The monoisotopic (exact) mass is 364 g/mol. The number of hydrogen-bond acceptors (Lipinski definition) is 8. The molecule has 0 fully saturated rings. The van der Waals surface area contributed by atoms with Crippen LogP contribution in [0.3, 0.4) is 0 Å². The van der Waals surface area contributed by atoms with Crippen molar-refractivity contribution in [2.75, 3.05) is 37.9 Å². The summed E-state index contributed by atoms with van der Waals surface area (Å²) in [6.45, 7) is 0.780. The van der Waals surface area contributed by atoms with Gasteiger partial charge in [-0.3, -0.25) is 9.59 Å². The van der Waals surface area contributed by atoms with Gasteiger partial charge in [0.25, 0.3) is 0 Å². The molecule has 0 aliphatic heterocycles. The fraction of sp³-hybridized carbons (Fsp3) is 0.833. The van der Waals surface area contributed by atoms with E-state index in [1.807, 2.05) is 0 Å².